The van der Waals surface area contributed by atoms with Crippen LogP contribution in [0.3, 0.4) is 0 Å². The Bertz CT molecular complexity index is 878. The van der Waals surface area contributed by atoms with Gasteiger partial charge in [-0.1, -0.05) is 5.21 Å². The quantitative estimate of drug-likeness (QED) is 0.734. The molecule has 0 spiro atoms. The van der Waals surface area contributed by atoms with Crippen molar-refractivity contribution in [3.63, 3.8) is 0 Å². The maximum atomic E-state index is 12.3. The van der Waals surface area contributed by atoms with Crippen LogP contribution in [0, 0.1) is 6.57 Å². The van der Waals surface area contributed by atoms with Gasteiger partial charge in [0.05, 0.1) is 18.8 Å². The smallest absolute Gasteiger partial charge is 0.414 e. The van der Waals surface area contributed by atoms with Crippen molar-refractivity contribution in [2.24, 2.45) is 0 Å². The molecule has 1 unspecified atom stereocenters. The highest BCUT2D eigenvalue weighted by atomic mass is 16.6. The number of hydrogen-bond donors (Lipinski definition) is 0. The van der Waals surface area contributed by atoms with Gasteiger partial charge in [-0.3, -0.25) is 4.90 Å². The summed E-state index contributed by atoms with van der Waals surface area (Å²) in [5, 5.41) is 8.25. The molecule has 2 fully saturated rings. The van der Waals surface area contributed by atoms with Crippen LogP contribution in [0.2, 0.25) is 0 Å². The van der Waals surface area contributed by atoms with Gasteiger partial charge in [-0.05, 0) is 38.4 Å². The Morgan fingerprint density at radius 3 is 2.70 bits per heavy atom. The molecule has 1 aliphatic carbocycles. The Labute approximate surface area is 158 Å². The number of rotatable bonds is 6. The molecular weight excluding hydrogens is 344 g/mol. The number of nitrogens with zero attached hydrogens (tertiary/aromatic N) is 6. The van der Waals surface area contributed by atoms with Gasteiger partial charge in [-0.15, -0.1) is 5.10 Å². The Hall–Kier alpha value is -2.92. The van der Waals surface area contributed by atoms with Crippen LogP contribution in [-0.4, -0.2) is 52.7 Å². The number of cyclic esters (lactones) is 1. The average molecular weight is 366 g/mol. The SMILES string of the molecule is [C-]#[N+]C1(c2ccc(N3CC(Cn4cc(CN(C)C)nn4)OC3=O)cc2)CC1. The van der Waals surface area contributed by atoms with E-state index in [1.54, 1.807) is 9.58 Å². The summed E-state index contributed by atoms with van der Waals surface area (Å²) in [5.41, 5.74) is 2.37. The second-order valence-electron chi connectivity index (χ2n) is 7.48. The molecule has 2 aliphatic rings. The summed E-state index contributed by atoms with van der Waals surface area (Å²) >= 11 is 0. The molecule has 1 saturated heterocycles. The van der Waals surface area contributed by atoms with Gasteiger partial charge in [0.15, 0.2) is 0 Å². The number of aromatic nitrogens is 3. The van der Waals surface area contributed by atoms with Crippen molar-refractivity contribution in [2.45, 2.75) is 37.6 Å². The van der Waals surface area contributed by atoms with E-state index in [0.29, 0.717) is 13.1 Å². The highest BCUT2D eigenvalue weighted by Crippen LogP contribution is 2.49. The summed E-state index contributed by atoms with van der Waals surface area (Å²) in [6.45, 7) is 9.01. The Kier molecular flexibility index (Phi) is 4.32. The first-order valence-electron chi connectivity index (χ1n) is 9.00. The van der Waals surface area contributed by atoms with Crippen LogP contribution in [0.25, 0.3) is 4.85 Å². The molecule has 1 aliphatic heterocycles. The summed E-state index contributed by atoms with van der Waals surface area (Å²) in [6.07, 6.45) is 3.08. The van der Waals surface area contributed by atoms with E-state index in [4.69, 9.17) is 11.3 Å². The van der Waals surface area contributed by atoms with Crippen LogP contribution in [0.5, 0.6) is 0 Å². The van der Waals surface area contributed by atoms with Crippen molar-refractivity contribution in [3.8, 4) is 0 Å². The molecule has 1 atom stereocenters. The number of ether oxygens (including phenoxy) is 1. The second-order valence-corrected chi connectivity index (χ2v) is 7.48. The summed E-state index contributed by atoms with van der Waals surface area (Å²) in [6, 6.07) is 7.70. The van der Waals surface area contributed by atoms with Crippen molar-refractivity contribution in [2.75, 3.05) is 25.5 Å². The monoisotopic (exact) mass is 366 g/mol. The molecule has 1 amide bonds. The van der Waals surface area contributed by atoms with E-state index in [-0.39, 0.29) is 17.7 Å². The van der Waals surface area contributed by atoms with Crippen molar-refractivity contribution in [1.29, 1.82) is 0 Å². The number of benzene rings is 1. The molecule has 27 heavy (non-hydrogen) atoms. The molecule has 8 heteroatoms. The van der Waals surface area contributed by atoms with E-state index in [1.807, 2.05) is 49.5 Å². The van der Waals surface area contributed by atoms with E-state index < -0.39 is 0 Å². The van der Waals surface area contributed by atoms with Crippen molar-refractivity contribution >= 4 is 11.8 Å². The van der Waals surface area contributed by atoms with Gasteiger partial charge in [0.1, 0.15) is 6.10 Å². The molecule has 2 heterocycles. The summed E-state index contributed by atoms with van der Waals surface area (Å²) in [4.78, 5) is 19.7. The van der Waals surface area contributed by atoms with Crippen LogP contribution in [0.1, 0.15) is 24.1 Å². The average Bonchev–Trinajstić information content (AvgIpc) is 3.20. The fraction of sp³-hybridized carbons (Fsp3) is 0.474. The molecule has 1 aromatic heterocycles. The van der Waals surface area contributed by atoms with Crippen LogP contribution < -0.4 is 4.90 Å². The minimum atomic E-state index is -0.354. The molecule has 0 radical (unpaired) electrons. The number of hydrogen-bond acceptors (Lipinski definition) is 5. The maximum absolute atomic E-state index is 12.3. The van der Waals surface area contributed by atoms with Gasteiger partial charge in [-0.2, -0.15) is 0 Å². The van der Waals surface area contributed by atoms with Gasteiger partial charge >= 0.3 is 6.09 Å². The molecular formula is C19H22N6O2. The van der Waals surface area contributed by atoms with Crippen LogP contribution in [-0.2, 0) is 23.4 Å². The van der Waals surface area contributed by atoms with E-state index in [0.717, 1.165) is 36.3 Å². The van der Waals surface area contributed by atoms with Gasteiger partial charge in [0, 0.05) is 36.8 Å². The third kappa shape index (κ3) is 3.51. The minimum absolute atomic E-state index is 0.274. The minimum Gasteiger partial charge on any atom is -0.442 e. The predicted octanol–water partition coefficient (Wildman–Crippen LogP) is 2.27. The van der Waals surface area contributed by atoms with Crippen LogP contribution >= 0.6 is 0 Å². The summed E-state index contributed by atoms with van der Waals surface area (Å²) in [7, 11) is 3.95. The largest absolute Gasteiger partial charge is 0.442 e. The molecule has 140 valence electrons. The summed E-state index contributed by atoms with van der Waals surface area (Å²) < 4.78 is 7.21. The van der Waals surface area contributed by atoms with Crippen molar-refractivity contribution in [3.05, 3.63) is 53.1 Å². The highest BCUT2D eigenvalue weighted by Gasteiger charge is 2.52. The van der Waals surface area contributed by atoms with Gasteiger partial charge < -0.3 is 14.5 Å². The fourth-order valence-electron chi connectivity index (χ4n) is 3.40. The molecule has 1 aromatic carbocycles. The molecule has 4 rings (SSSR count). The Morgan fingerprint density at radius 1 is 1.33 bits per heavy atom. The first-order valence-corrected chi connectivity index (χ1v) is 9.00. The van der Waals surface area contributed by atoms with E-state index >= 15 is 0 Å². The Balaban J connectivity index is 1.40. The lowest BCUT2D eigenvalue weighted by Crippen LogP contribution is -2.26. The van der Waals surface area contributed by atoms with Crippen LogP contribution in [0.4, 0.5) is 10.5 Å². The lowest BCUT2D eigenvalue weighted by Gasteiger charge is -2.13. The molecule has 8 nitrogen and oxygen atoms in total. The zero-order valence-corrected chi connectivity index (χ0v) is 15.5. The molecule has 1 saturated carbocycles. The third-order valence-electron chi connectivity index (χ3n) is 4.98. The number of anilines is 1. The van der Waals surface area contributed by atoms with Crippen LogP contribution in [0.15, 0.2) is 30.5 Å². The topological polar surface area (TPSA) is 67.8 Å². The van der Waals surface area contributed by atoms with Crippen molar-refractivity contribution in [1.82, 2.24) is 19.9 Å². The standard InChI is InChI=1S/C19H22N6O2/c1-20-19(8-9-19)14-4-6-16(7-5-14)25-13-17(27-18(25)26)12-24-11-15(21-22-24)10-23(2)3/h4-7,11,17H,8-10,12-13H2,2-3H3. The number of carbonyl (C=O) groups is 1. The van der Waals surface area contributed by atoms with Gasteiger partial charge in [0.25, 0.3) is 5.54 Å². The number of carbonyl (C=O) groups excluding carboxylic acids is 1. The zero-order chi connectivity index (χ0) is 19.0. The van der Waals surface area contributed by atoms with E-state index in [1.165, 1.54) is 0 Å². The van der Waals surface area contributed by atoms with Gasteiger partial charge in [-0.25, -0.2) is 16.0 Å². The van der Waals surface area contributed by atoms with E-state index in [2.05, 4.69) is 15.2 Å². The zero-order valence-electron chi connectivity index (χ0n) is 15.5. The molecule has 2 aromatic rings. The fourth-order valence-corrected chi connectivity index (χ4v) is 3.40. The first kappa shape index (κ1) is 17.5. The second kappa shape index (κ2) is 6.67. The van der Waals surface area contributed by atoms with Crippen molar-refractivity contribution < 1.29 is 9.53 Å². The van der Waals surface area contributed by atoms with Gasteiger partial charge in [0.2, 0.25) is 0 Å². The maximum Gasteiger partial charge on any atom is 0.414 e. The number of amides is 1. The normalized spacial score (nSPS) is 20.6. The first-order chi connectivity index (χ1) is 13.0. The summed E-state index contributed by atoms with van der Waals surface area (Å²) in [5.74, 6) is 0. The third-order valence-corrected chi connectivity index (χ3v) is 4.98. The highest BCUT2D eigenvalue weighted by molar-refractivity contribution is 5.89. The predicted molar refractivity (Wildman–Crippen MR) is 99.0 cm³/mol. The lowest BCUT2D eigenvalue weighted by molar-refractivity contribution is 0.129. The Morgan fingerprint density at radius 2 is 2.07 bits per heavy atom. The lowest BCUT2D eigenvalue weighted by atomic mass is 10.1. The van der Waals surface area contributed by atoms with E-state index in [9.17, 15) is 4.79 Å². The molecule has 0 N–H and O–H groups in total. The molecule has 0 bridgehead atoms.